The van der Waals surface area contributed by atoms with E-state index in [1.54, 1.807) is 12.3 Å². The summed E-state index contributed by atoms with van der Waals surface area (Å²) in [6.07, 6.45) is 6.58. The van der Waals surface area contributed by atoms with Crippen molar-refractivity contribution in [3.63, 3.8) is 0 Å². The third-order valence-corrected chi connectivity index (χ3v) is 6.15. The van der Waals surface area contributed by atoms with E-state index in [9.17, 15) is 9.90 Å². The maximum Gasteiger partial charge on any atom is 0.271 e. The highest BCUT2D eigenvalue weighted by atomic mass is 79.9. The minimum Gasteiger partial charge on any atom is -0.390 e. The van der Waals surface area contributed by atoms with Crippen molar-refractivity contribution in [1.82, 2.24) is 10.3 Å². The molecule has 4 bridgehead atoms. The van der Waals surface area contributed by atoms with E-state index in [1.165, 1.54) is 0 Å². The molecule has 112 valence electrons. The molecule has 1 aromatic rings. The van der Waals surface area contributed by atoms with Gasteiger partial charge in [-0.1, -0.05) is 0 Å². The number of carbonyl (C=O) groups is 1. The maximum absolute atomic E-state index is 12.5. The Morgan fingerprint density at radius 1 is 1.33 bits per heavy atom. The van der Waals surface area contributed by atoms with Crippen molar-refractivity contribution in [1.29, 1.82) is 0 Å². The number of carbonyl (C=O) groups excluding carboxylic acids is 1. The largest absolute Gasteiger partial charge is 0.390 e. The van der Waals surface area contributed by atoms with Crippen LogP contribution >= 0.6 is 15.9 Å². The van der Waals surface area contributed by atoms with Gasteiger partial charge in [0.15, 0.2) is 0 Å². The molecule has 2 atom stereocenters. The van der Waals surface area contributed by atoms with Crippen LogP contribution in [-0.2, 0) is 0 Å². The predicted octanol–water partition coefficient (Wildman–Crippen LogP) is 2.51. The number of rotatable bonds is 2. The molecule has 0 saturated heterocycles. The van der Waals surface area contributed by atoms with Crippen molar-refractivity contribution >= 4 is 21.8 Å². The Bertz CT molecular complexity index is 575. The number of halogens is 1. The molecule has 0 spiro atoms. The van der Waals surface area contributed by atoms with Gasteiger partial charge in [-0.15, -0.1) is 0 Å². The molecule has 2 N–H and O–H groups in total. The van der Waals surface area contributed by atoms with E-state index < -0.39 is 5.60 Å². The highest BCUT2D eigenvalue weighted by molar-refractivity contribution is 9.10. The summed E-state index contributed by atoms with van der Waals surface area (Å²) in [5.74, 6) is 1.40. The smallest absolute Gasteiger partial charge is 0.271 e. The number of hydrogen-bond donors (Lipinski definition) is 2. The van der Waals surface area contributed by atoms with Gasteiger partial charge in [-0.2, -0.15) is 0 Å². The zero-order valence-corrected chi connectivity index (χ0v) is 13.3. The van der Waals surface area contributed by atoms with E-state index in [2.05, 4.69) is 26.2 Å². The maximum atomic E-state index is 12.5. The van der Waals surface area contributed by atoms with E-state index >= 15 is 0 Å². The number of nitrogens with zero attached hydrogens (tertiary/aromatic N) is 1. The minimum atomic E-state index is -0.455. The van der Waals surface area contributed by atoms with Crippen LogP contribution in [-0.4, -0.2) is 27.6 Å². The molecule has 0 aliphatic heterocycles. The van der Waals surface area contributed by atoms with Crippen LogP contribution < -0.4 is 5.32 Å². The number of hydrogen-bond acceptors (Lipinski definition) is 3. The van der Waals surface area contributed by atoms with Crippen molar-refractivity contribution in [2.45, 2.75) is 43.7 Å². The van der Waals surface area contributed by atoms with Crippen LogP contribution in [0.25, 0.3) is 0 Å². The molecule has 4 aliphatic rings. The zero-order chi connectivity index (χ0) is 14.6. The normalized spacial score (nSPS) is 40.3. The lowest BCUT2D eigenvalue weighted by molar-refractivity contribution is -0.136. The van der Waals surface area contributed by atoms with E-state index in [-0.39, 0.29) is 11.9 Å². The van der Waals surface area contributed by atoms with Gasteiger partial charge in [0.25, 0.3) is 5.91 Å². The molecule has 4 fully saturated rings. The average molecular weight is 351 g/mol. The van der Waals surface area contributed by atoms with E-state index in [0.717, 1.165) is 36.6 Å². The Morgan fingerprint density at radius 3 is 2.67 bits per heavy atom. The van der Waals surface area contributed by atoms with Crippen LogP contribution in [0.3, 0.4) is 0 Å². The quantitative estimate of drug-likeness (QED) is 0.861. The van der Waals surface area contributed by atoms with Crippen LogP contribution in [0.15, 0.2) is 22.8 Å². The summed E-state index contributed by atoms with van der Waals surface area (Å²) in [7, 11) is 0. The summed E-state index contributed by atoms with van der Waals surface area (Å²) in [5, 5.41) is 13.8. The van der Waals surface area contributed by atoms with Crippen molar-refractivity contribution in [2.24, 2.45) is 17.8 Å². The number of pyridine rings is 1. The molecule has 0 aromatic carbocycles. The molecular formula is C16H19BrN2O2. The molecule has 4 nitrogen and oxygen atoms in total. The van der Waals surface area contributed by atoms with Crippen LogP contribution in [0.5, 0.6) is 0 Å². The van der Waals surface area contributed by atoms with E-state index in [1.807, 2.05) is 6.07 Å². The van der Waals surface area contributed by atoms with Gasteiger partial charge in [-0.05, 0) is 77.9 Å². The second-order valence-corrected chi connectivity index (χ2v) is 7.88. The fraction of sp³-hybridized carbons (Fsp3) is 0.625. The van der Waals surface area contributed by atoms with Gasteiger partial charge < -0.3 is 10.4 Å². The molecule has 2 unspecified atom stereocenters. The second kappa shape index (κ2) is 4.78. The molecule has 4 aliphatic carbocycles. The average Bonchev–Trinajstić information content (AvgIpc) is 2.41. The van der Waals surface area contributed by atoms with Crippen LogP contribution in [0.4, 0.5) is 0 Å². The Hall–Kier alpha value is -0.940. The summed E-state index contributed by atoms with van der Waals surface area (Å²) < 4.78 is 0.727. The molecule has 1 heterocycles. The Kier molecular flexibility index (Phi) is 3.12. The fourth-order valence-corrected chi connectivity index (χ4v) is 5.42. The molecule has 5 heteroatoms. The SMILES string of the molecule is O=C(NC1C2CC3CC1CC(O)(C3)C2)c1ncccc1Br. The molecule has 21 heavy (non-hydrogen) atoms. The van der Waals surface area contributed by atoms with Crippen LogP contribution in [0, 0.1) is 17.8 Å². The van der Waals surface area contributed by atoms with Gasteiger partial charge in [0, 0.05) is 16.7 Å². The Balaban J connectivity index is 1.53. The summed E-state index contributed by atoms with van der Waals surface area (Å²) in [6, 6.07) is 3.84. The van der Waals surface area contributed by atoms with Crippen molar-refractivity contribution in [3.8, 4) is 0 Å². The Morgan fingerprint density at radius 2 is 2.05 bits per heavy atom. The van der Waals surface area contributed by atoms with Crippen LogP contribution in [0.1, 0.15) is 42.6 Å². The van der Waals surface area contributed by atoms with Gasteiger partial charge in [0.2, 0.25) is 0 Å². The molecular weight excluding hydrogens is 332 g/mol. The molecule has 1 amide bonds. The lowest BCUT2D eigenvalue weighted by Gasteiger charge is -2.58. The second-order valence-electron chi connectivity index (χ2n) is 7.03. The standard InChI is InChI=1S/C16H19BrN2O2/c17-12-2-1-3-18-14(12)15(20)19-13-10-4-9-5-11(13)8-16(21,6-9)7-10/h1-3,9-11,13,21H,4-8H2,(H,19,20). The molecule has 5 rings (SSSR count). The van der Waals surface area contributed by atoms with Gasteiger partial charge in [-0.3, -0.25) is 4.79 Å². The zero-order valence-electron chi connectivity index (χ0n) is 11.8. The molecule has 4 saturated carbocycles. The van der Waals surface area contributed by atoms with Gasteiger partial charge in [0.05, 0.1) is 5.60 Å². The topological polar surface area (TPSA) is 62.2 Å². The third kappa shape index (κ3) is 2.30. The number of amides is 1. The monoisotopic (exact) mass is 350 g/mol. The summed E-state index contributed by atoms with van der Waals surface area (Å²) in [6.45, 7) is 0. The first-order chi connectivity index (χ1) is 10.0. The number of aliphatic hydroxyl groups is 1. The lowest BCUT2D eigenvalue weighted by Crippen LogP contribution is -2.61. The minimum absolute atomic E-state index is 0.105. The first kappa shape index (κ1) is 13.7. The Labute approximate surface area is 132 Å². The summed E-state index contributed by atoms with van der Waals surface area (Å²) >= 11 is 3.38. The summed E-state index contributed by atoms with van der Waals surface area (Å²) in [4.78, 5) is 16.6. The highest BCUT2D eigenvalue weighted by Crippen LogP contribution is 2.55. The molecule has 1 aromatic heterocycles. The van der Waals surface area contributed by atoms with Crippen LogP contribution in [0.2, 0.25) is 0 Å². The van der Waals surface area contributed by atoms with E-state index in [0.29, 0.717) is 23.4 Å². The lowest BCUT2D eigenvalue weighted by atomic mass is 9.52. The summed E-state index contributed by atoms with van der Waals surface area (Å²) in [5.41, 5.74) is -0.00596. The van der Waals surface area contributed by atoms with Crippen molar-refractivity contribution < 1.29 is 9.90 Å². The van der Waals surface area contributed by atoms with Gasteiger partial charge in [-0.25, -0.2) is 4.98 Å². The first-order valence-electron chi connectivity index (χ1n) is 7.68. The number of nitrogens with one attached hydrogen (secondary N) is 1. The van der Waals surface area contributed by atoms with Gasteiger partial charge in [0.1, 0.15) is 5.69 Å². The predicted molar refractivity (Wildman–Crippen MR) is 81.7 cm³/mol. The third-order valence-electron chi connectivity index (χ3n) is 5.51. The van der Waals surface area contributed by atoms with Crippen molar-refractivity contribution in [3.05, 3.63) is 28.5 Å². The first-order valence-corrected chi connectivity index (χ1v) is 8.47. The van der Waals surface area contributed by atoms with Gasteiger partial charge >= 0.3 is 0 Å². The molecule has 0 radical (unpaired) electrons. The van der Waals surface area contributed by atoms with Crippen molar-refractivity contribution in [2.75, 3.05) is 0 Å². The fourth-order valence-electron chi connectivity index (χ4n) is 4.99. The highest BCUT2D eigenvalue weighted by Gasteiger charge is 2.55. The van der Waals surface area contributed by atoms with E-state index in [4.69, 9.17) is 0 Å². The number of aromatic nitrogens is 1.